The van der Waals surface area contributed by atoms with Gasteiger partial charge in [-0.1, -0.05) is 6.07 Å². The zero-order chi connectivity index (χ0) is 12.1. The fourth-order valence-corrected chi connectivity index (χ4v) is 2.15. The van der Waals surface area contributed by atoms with Crippen LogP contribution < -0.4 is 4.74 Å². The third-order valence-electron chi connectivity index (χ3n) is 3.12. The fraction of sp³-hybridized carbons (Fsp3) is 0.500. The molecule has 3 nitrogen and oxygen atoms in total. The van der Waals surface area contributed by atoms with Crippen LogP contribution in [0.2, 0.25) is 0 Å². The molecule has 0 saturated heterocycles. The average molecular weight is 234 g/mol. The second-order valence-corrected chi connectivity index (χ2v) is 4.31. The monoisotopic (exact) mass is 234 g/mol. The van der Waals surface area contributed by atoms with E-state index in [4.69, 9.17) is 4.74 Å². The van der Waals surface area contributed by atoms with Gasteiger partial charge in [-0.25, -0.2) is 0 Å². The number of benzene rings is 1. The van der Waals surface area contributed by atoms with Crippen LogP contribution in [0.25, 0.3) is 0 Å². The summed E-state index contributed by atoms with van der Waals surface area (Å²) in [5.41, 5.74) is 2.84. The van der Waals surface area contributed by atoms with Gasteiger partial charge < -0.3 is 9.47 Å². The third-order valence-corrected chi connectivity index (χ3v) is 3.12. The van der Waals surface area contributed by atoms with Crippen LogP contribution in [0.3, 0.4) is 0 Å². The van der Waals surface area contributed by atoms with Gasteiger partial charge in [0.25, 0.3) is 0 Å². The van der Waals surface area contributed by atoms with E-state index in [-0.39, 0.29) is 5.97 Å². The van der Waals surface area contributed by atoms with Gasteiger partial charge in [0.05, 0.1) is 20.1 Å². The highest BCUT2D eigenvalue weighted by atomic mass is 16.5. The maximum atomic E-state index is 10.9. The molecule has 0 spiro atoms. The van der Waals surface area contributed by atoms with E-state index in [1.165, 1.54) is 37.5 Å². The molecule has 0 heterocycles. The maximum absolute atomic E-state index is 10.9. The van der Waals surface area contributed by atoms with E-state index in [9.17, 15) is 4.79 Å². The lowest BCUT2D eigenvalue weighted by Gasteiger charge is -2.16. The predicted molar refractivity (Wildman–Crippen MR) is 65.2 cm³/mol. The molecule has 1 aromatic carbocycles. The van der Waals surface area contributed by atoms with E-state index in [2.05, 4.69) is 16.9 Å². The third kappa shape index (κ3) is 3.22. The molecule has 0 N–H and O–H groups in total. The minimum Gasteiger partial charge on any atom is -0.493 e. The summed E-state index contributed by atoms with van der Waals surface area (Å²) in [5, 5.41) is 0. The van der Waals surface area contributed by atoms with E-state index in [1.54, 1.807) is 0 Å². The van der Waals surface area contributed by atoms with Crippen LogP contribution >= 0.6 is 0 Å². The van der Waals surface area contributed by atoms with Gasteiger partial charge in [-0.15, -0.1) is 0 Å². The summed E-state index contributed by atoms with van der Waals surface area (Å²) in [6.45, 7) is 0.380. The number of esters is 1. The first-order valence-corrected chi connectivity index (χ1v) is 6.11. The van der Waals surface area contributed by atoms with E-state index >= 15 is 0 Å². The molecule has 1 aliphatic carbocycles. The zero-order valence-corrected chi connectivity index (χ0v) is 10.2. The molecule has 3 heteroatoms. The SMILES string of the molecule is COC(=O)CCOc1ccc2c(c1)CCCC2. The normalized spacial score (nSPS) is 13.9. The Bertz CT molecular complexity index is 398. The standard InChI is InChI=1S/C14H18O3/c1-16-14(15)8-9-17-13-7-6-11-4-2-3-5-12(11)10-13/h6-7,10H,2-5,8-9H2,1H3. The second-order valence-electron chi connectivity index (χ2n) is 4.31. The number of carbonyl (C=O) groups excluding carboxylic acids is 1. The molecular weight excluding hydrogens is 216 g/mol. The highest BCUT2D eigenvalue weighted by Gasteiger charge is 2.10. The first kappa shape index (κ1) is 12.0. The van der Waals surface area contributed by atoms with Gasteiger partial charge in [-0.05, 0) is 48.9 Å². The van der Waals surface area contributed by atoms with Crippen molar-refractivity contribution in [1.82, 2.24) is 0 Å². The molecule has 0 amide bonds. The summed E-state index contributed by atoms with van der Waals surface area (Å²) in [6.07, 6.45) is 5.17. The Labute approximate surface area is 102 Å². The summed E-state index contributed by atoms with van der Waals surface area (Å²) in [5.74, 6) is 0.623. The van der Waals surface area contributed by atoms with Crippen molar-refractivity contribution in [2.24, 2.45) is 0 Å². The van der Waals surface area contributed by atoms with E-state index in [0.717, 1.165) is 12.2 Å². The van der Waals surface area contributed by atoms with E-state index < -0.39 is 0 Å². The number of hydrogen-bond acceptors (Lipinski definition) is 3. The lowest BCUT2D eigenvalue weighted by molar-refractivity contribution is -0.141. The quantitative estimate of drug-likeness (QED) is 0.751. The summed E-state index contributed by atoms with van der Waals surface area (Å²) in [6, 6.07) is 6.23. The van der Waals surface area contributed by atoms with Crippen molar-refractivity contribution >= 4 is 5.97 Å². The van der Waals surface area contributed by atoms with Crippen LogP contribution in [0.1, 0.15) is 30.4 Å². The Morgan fingerprint density at radius 2 is 2.00 bits per heavy atom. The number of aryl methyl sites for hydroxylation is 2. The molecule has 0 aliphatic heterocycles. The first-order chi connectivity index (χ1) is 8.29. The Morgan fingerprint density at radius 3 is 2.76 bits per heavy atom. The van der Waals surface area contributed by atoms with Gasteiger partial charge in [0.2, 0.25) is 0 Å². The summed E-state index contributed by atoms with van der Waals surface area (Å²) < 4.78 is 10.1. The Kier molecular flexibility index (Phi) is 4.02. The lowest BCUT2D eigenvalue weighted by atomic mass is 9.92. The van der Waals surface area contributed by atoms with Gasteiger partial charge in [0.15, 0.2) is 0 Å². The summed E-state index contributed by atoms with van der Waals surface area (Å²) in [7, 11) is 1.39. The van der Waals surface area contributed by atoms with Gasteiger partial charge >= 0.3 is 5.97 Å². The van der Waals surface area contributed by atoms with Crippen molar-refractivity contribution < 1.29 is 14.3 Å². The number of fused-ring (bicyclic) bond motifs is 1. The molecule has 0 saturated carbocycles. The van der Waals surface area contributed by atoms with E-state index in [1.807, 2.05) is 6.07 Å². The van der Waals surface area contributed by atoms with Crippen LogP contribution in [0.5, 0.6) is 5.75 Å². The molecule has 0 unspecified atom stereocenters. The number of rotatable bonds is 4. The topological polar surface area (TPSA) is 35.5 Å². The molecule has 92 valence electrons. The highest BCUT2D eigenvalue weighted by molar-refractivity contribution is 5.69. The molecule has 0 radical (unpaired) electrons. The highest BCUT2D eigenvalue weighted by Crippen LogP contribution is 2.25. The van der Waals surface area contributed by atoms with Crippen molar-refractivity contribution in [1.29, 1.82) is 0 Å². The number of methoxy groups -OCH3 is 1. The van der Waals surface area contributed by atoms with Gasteiger partial charge in [0.1, 0.15) is 5.75 Å². The Hall–Kier alpha value is -1.51. The van der Waals surface area contributed by atoms with Crippen molar-refractivity contribution in [3.63, 3.8) is 0 Å². The van der Waals surface area contributed by atoms with Gasteiger partial charge in [-0.2, -0.15) is 0 Å². The summed E-state index contributed by atoms with van der Waals surface area (Å²) >= 11 is 0. The molecule has 1 aliphatic rings. The Morgan fingerprint density at radius 1 is 1.24 bits per heavy atom. The van der Waals surface area contributed by atoms with Gasteiger partial charge in [0, 0.05) is 0 Å². The molecule has 0 fully saturated rings. The first-order valence-electron chi connectivity index (χ1n) is 6.11. The summed E-state index contributed by atoms with van der Waals surface area (Å²) in [4.78, 5) is 10.9. The van der Waals surface area contributed by atoms with Crippen molar-refractivity contribution in [2.75, 3.05) is 13.7 Å². The largest absolute Gasteiger partial charge is 0.493 e. The van der Waals surface area contributed by atoms with Gasteiger partial charge in [-0.3, -0.25) is 4.79 Å². The number of hydrogen-bond donors (Lipinski definition) is 0. The maximum Gasteiger partial charge on any atom is 0.308 e. The van der Waals surface area contributed by atoms with E-state index in [0.29, 0.717) is 13.0 Å². The van der Waals surface area contributed by atoms with Crippen LogP contribution in [0, 0.1) is 0 Å². The van der Waals surface area contributed by atoms with Crippen LogP contribution in [-0.2, 0) is 22.4 Å². The number of ether oxygens (including phenoxy) is 2. The zero-order valence-electron chi connectivity index (χ0n) is 10.2. The smallest absolute Gasteiger partial charge is 0.308 e. The molecule has 0 atom stereocenters. The van der Waals surface area contributed by atoms with Crippen LogP contribution in [0.4, 0.5) is 0 Å². The Balaban J connectivity index is 1.91. The lowest BCUT2D eigenvalue weighted by Crippen LogP contribution is -2.08. The average Bonchev–Trinajstić information content (AvgIpc) is 2.38. The molecule has 2 rings (SSSR count). The predicted octanol–water partition coefficient (Wildman–Crippen LogP) is 2.51. The molecule has 0 bridgehead atoms. The molecular formula is C14H18O3. The van der Waals surface area contributed by atoms with Crippen LogP contribution in [-0.4, -0.2) is 19.7 Å². The minimum absolute atomic E-state index is 0.233. The van der Waals surface area contributed by atoms with Crippen molar-refractivity contribution in [2.45, 2.75) is 32.1 Å². The van der Waals surface area contributed by atoms with Crippen molar-refractivity contribution in [3.8, 4) is 5.75 Å². The number of carbonyl (C=O) groups is 1. The molecule has 0 aromatic heterocycles. The minimum atomic E-state index is -0.233. The van der Waals surface area contributed by atoms with Crippen LogP contribution in [0.15, 0.2) is 18.2 Å². The molecule has 1 aromatic rings. The van der Waals surface area contributed by atoms with Crippen molar-refractivity contribution in [3.05, 3.63) is 29.3 Å². The molecule has 17 heavy (non-hydrogen) atoms. The second kappa shape index (κ2) is 5.71. The fourth-order valence-electron chi connectivity index (χ4n) is 2.15.